The monoisotopic (exact) mass is 493 g/mol. The summed E-state index contributed by atoms with van der Waals surface area (Å²) in [4.78, 5) is 47.0. The number of pyridine rings is 1. The Bertz CT molecular complexity index is 1320. The number of anilines is 2. The molecule has 1 aliphatic heterocycles. The first-order valence-corrected chi connectivity index (χ1v) is 11.9. The number of nitrogens with zero attached hydrogens (tertiary/aromatic N) is 3. The van der Waals surface area contributed by atoms with Crippen molar-refractivity contribution in [1.29, 1.82) is 0 Å². The van der Waals surface area contributed by atoms with Gasteiger partial charge in [-0.25, -0.2) is 9.97 Å². The molecule has 1 unspecified atom stereocenters. The van der Waals surface area contributed by atoms with Crippen molar-refractivity contribution in [3.05, 3.63) is 58.1 Å². The topological polar surface area (TPSA) is 124 Å². The summed E-state index contributed by atoms with van der Waals surface area (Å²) in [5.41, 5.74) is 1.12. The molecule has 3 heterocycles. The molecule has 0 spiro atoms. The predicted molar refractivity (Wildman–Crippen MR) is 136 cm³/mol. The van der Waals surface area contributed by atoms with Crippen molar-refractivity contribution >= 4 is 34.4 Å². The zero-order valence-corrected chi connectivity index (χ0v) is 21.0. The number of carbonyl (C=O) groups excluding carboxylic acids is 2. The third kappa shape index (κ3) is 5.54. The van der Waals surface area contributed by atoms with Crippen molar-refractivity contribution in [2.45, 2.75) is 51.7 Å². The molecule has 0 bridgehead atoms. The maximum Gasteiger partial charge on any atom is 0.325 e. The van der Waals surface area contributed by atoms with Crippen molar-refractivity contribution in [2.24, 2.45) is 0 Å². The molecule has 1 aromatic carbocycles. The summed E-state index contributed by atoms with van der Waals surface area (Å²) >= 11 is 0. The van der Waals surface area contributed by atoms with Gasteiger partial charge in [-0.3, -0.25) is 19.0 Å². The van der Waals surface area contributed by atoms with E-state index in [1.54, 1.807) is 12.1 Å². The summed E-state index contributed by atoms with van der Waals surface area (Å²) in [6, 6.07) is 8.77. The van der Waals surface area contributed by atoms with Crippen LogP contribution < -0.4 is 16.2 Å². The first kappa shape index (κ1) is 25.3. The molecule has 10 nitrogen and oxygen atoms in total. The molecule has 0 saturated carbocycles. The molecule has 1 atom stereocenters. The molecule has 0 aliphatic carbocycles. The summed E-state index contributed by atoms with van der Waals surface area (Å²) in [5.74, 6) is -0.589. The second kappa shape index (κ2) is 10.4. The Morgan fingerprint density at radius 1 is 1.19 bits per heavy atom. The number of fused-ring (bicyclic) bond motifs is 1. The van der Waals surface area contributed by atoms with Crippen LogP contribution in [0, 0.1) is 0 Å². The van der Waals surface area contributed by atoms with Crippen LogP contribution in [0.25, 0.3) is 11.0 Å². The van der Waals surface area contributed by atoms with Crippen LogP contribution in [0.3, 0.4) is 0 Å². The number of carbonyl (C=O) groups is 2. The van der Waals surface area contributed by atoms with Crippen LogP contribution >= 0.6 is 0 Å². The largest absolute Gasteiger partial charge is 0.468 e. The van der Waals surface area contributed by atoms with E-state index in [4.69, 9.17) is 9.47 Å². The fraction of sp³-hybridized carbons (Fsp3) is 0.423. The Morgan fingerprint density at radius 3 is 2.58 bits per heavy atom. The van der Waals surface area contributed by atoms with Crippen molar-refractivity contribution in [1.82, 2.24) is 14.5 Å². The molecule has 1 saturated heterocycles. The second-order valence-electron chi connectivity index (χ2n) is 9.78. The lowest BCUT2D eigenvalue weighted by molar-refractivity contribution is -0.141. The SMILES string of the molecule is COC(=O)Cn1c(=O)c(NC(=O)c2ccc(C(C)(C)C)cc2)cc2c(NCC3CCCO3)ncnc21. The van der Waals surface area contributed by atoms with Gasteiger partial charge in [0.15, 0.2) is 0 Å². The molecule has 2 aromatic heterocycles. The van der Waals surface area contributed by atoms with E-state index in [2.05, 4.69) is 41.4 Å². The number of amides is 1. The van der Waals surface area contributed by atoms with Crippen LogP contribution in [0.5, 0.6) is 0 Å². The standard InChI is InChI=1S/C26H31N5O5/c1-26(2,3)17-9-7-16(8-10-17)24(33)30-20-12-19-22(27-13-18-6-5-11-36-18)28-15-29-23(19)31(25(20)34)14-21(32)35-4/h7-10,12,15,18H,5-6,11,13-14H2,1-4H3,(H,30,33)(H,27,28,29). The van der Waals surface area contributed by atoms with Crippen molar-refractivity contribution in [2.75, 3.05) is 30.9 Å². The lowest BCUT2D eigenvalue weighted by Crippen LogP contribution is -2.30. The molecule has 190 valence electrons. The first-order chi connectivity index (χ1) is 17.2. The number of esters is 1. The van der Waals surface area contributed by atoms with Gasteiger partial charge in [-0.15, -0.1) is 0 Å². The quantitative estimate of drug-likeness (QED) is 0.481. The summed E-state index contributed by atoms with van der Waals surface area (Å²) in [6.07, 6.45) is 3.33. The number of nitrogens with one attached hydrogen (secondary N) is 2. The number of aromatic nitrogens is 3. The smallest absolute Gasteiger partial charge is 0.325 e. The van der Waals surface area contributed by atoms with E-state index in [-0.39, 0.29) is 29.4 Å². The van der Waals surface area contributed by atoms with Crippen LogP contribution in [-0.2, 0) is 26.2 Å². The number of hydrogen-bond acceptors (Lipinski definition) is 8. The molecule has 1 fully saturated rings. The third-order valence-corrected chi connectivity index (χ3v) is 6.18. The maximum atomic E-state index is 13.3. The van der Waals surface area contributed by atoms with Crippen LogP contribution in [0.15, 0.2) is 41.5 Å². The minimum atomic E-state index is -0.618. The second-order valence-corrected chi connectivity index (χ2v) is 9.78. The molecular formula is C26H31N5O5. The Balaban J connectivity index is 1.70. The van der Waals surface area contributed by atoms with E-state index in [0.717, 1.165) is 25.0 Å². The van der Waals surface area contributed by atoms with E-state index in [1.165, 1.54) is 24.1 Å². The lowest BCUT2D eigenvalue weighted by Gasteiger charge is -2.19. The zero-order valence-electron chi connectivity index (χ0n) is 21.0. The molecular weight excluding hydrogens is 462 g/mol. The molecule has 4 rings (SSSR count). The van der Waals surface area contributed by atoms with E-state index in [9.17, 15) is 14.4 Å². The number of ether oxygens (including phenoxy) is 2. The molecule has 0 radical (unpaired) electrons. The fourth-order valence-corrected chi connectivity index (χ4v) is 4.08. The van der Waals surface area contributed by atoms with E-state index >= 15 is 0 Å². The fourth-order valence-electron chi connectivity index (χ4n) is 4.08. The van der Waals surface area contributed by atoms with Crippen molar-refractivity contribution in [3.8, 4) is 0 Å². The average molecular weight is 494 g/mol. The van der Waals surface area contributed by atoms with Gasteiger partial charge in [0.2, 0.25) is 0 Å². The number of benzene rings is 1. The highest BCUT2D eigenvalue weighted by Crippen LogP contribution is 2.24. The Kier molecular flexibility index (Phi) is 7.35. The predicted octanol–water partition coefficient (Wildman–Crippen LogP) is 3.11. The van der Waals surface area contributed by atoms with Gasteiger partial charge < -0.3 is 20.1 Å². The maximum absolute atomic E-state index is 13.3. The lowest BCUT2D eigenvalue weighted by atomic mass is 9.87. The van der Waals surface area contributed by atoms with Crippen LogP contribution in [0.1, 0.15) is 49.5 Å². The normalized spacial score (nSPS) is 15.6. The molecule has 36 heavy (non-hydrogen) atoms. The van der Waals surface area contributed by atoms with Crippen LogP contribution in [-0.4, -0.2) is 52.8 Å². The van der Waals surface area contributed by atoms with Gasteiger partial charge in [0.05, 0.1) is 18.6 Å². The van der Waals surface area contributed by atoms with Gasteiger partial charge in [0.25, 0.3) is 11.5 Å². The summed E-state index contributed by atoms with van der Waals surface area (Å²) in [5, 5.41) is 6.44. The van der Waals surface area contributed by atoms with Gasteiger partial charge in [-0.05, 0) is 42.0 Å². The van der Waals surface area contributed by atoms with Crippen LogP contribution in [0.2, 0.25) is 0 Å². The molecule has 10 heteroatoms. The summed E-state index contributed by atoms with van der Waals surface area (Å²) < 4.78 is 11.6. The van der Waals surface area contributed by atoms with Gasteiger partial charge >= 0.3 is 5.97 Å². The minimum Gasteiger partial charge on any atom is -0.468 e. The zero-order chi connectivity index (χ0) is 25.9. The molecule has 2 N–H and O–H groups in total. The van der Waals surface area contributed by atoms with E-state index < -0.39 is 17.4 Å². The number of rotatable bonds is 7. The van der Waals surface area contributed by atoms with Crippen LogP contribution in [0.4, 0.5) is 11.5 Å². The Labute approximate surface area is 209 Å². The highest BCUT2D eigenvalue weighted by Gasteiger charge is 2.21. The first-order valence-electron chi connectivity index (χ1n) is 11.9. The van der Waals surface area contributed by atoms with Crippen molar-refractivity contribution in [3.63, 3.8) is 0 Å². The molecule has 3 aromatic rings. The van der Waals surface area contributed by atoms with Gasteiger partial charge in [0, 0.05) is 18.7 Å². The third-order valence-electron chi connectivity index (χ3n) is 6.18. The van der Waals surface area contributed by atoms with E-state index in [1.807, 2.05) is 12.1 Å². The molecule has 1 aliphatic rings. The van der Waals surface area contributed by atoms with Gasteiger partial charge in [-0.2, -0.15) is 0 Å². The van der Waals surface area contributed by atoms with Crippen molar-refractivity contribution < 1.29 is 19.1 Å². The minimum absolute atomic E-state index is 0.00580. The summed E-state index contributed by atoms with van der Waals surface area (Å²) in [7, 11) is 1.24. The highest BCUT2D eigenvalue weighted by molar-refractivity contribution is 6.05. The summed E-state index contributed by atoms with van der Waals surface area (Å²) in [6.45, 7) is 7.17. The van der Waals surface area contributed by atoms with E-state index in [0.29, 0.717) is 23.3 Å². The number of hydrogen-bond donors (Lipinski definition) is 2. The number of methoxy groups -OCH3 is 1. The molecule has 1 amide bonds. The van der Waals surface area contributed by atoms with Gasteiger partial charge in [-0.1, -0.05) is 32.9 Å². The Hall–Kier alpha value is -3.79. The average Bonchev–Trinajstić information content (AvgIpc) is 3.38. The Morgan fingerprint density at radius 2 is 1.94 bits per heavy atom. The highest BCUT2D eigenvalue weighted by atomic mass is 16.5. The van der Waals surface area contributed by atoms with Gasteiger partial charge in [0.1, 0.15) is 30.0 Å².